The van der Waals surface area contributed by atoms with Crippen LogP contribution in [0.15, 0.2) is 0 Å². The maximum absolute atomic E-state index is 8.13. The summed E-state index contributed by atoms with van der Waals surface area (Å²) in [5, 5.41) is 8.20. The van der Waals surface area contributed by atoms with E-state index in [0.717, 1.165) is 0 Å². The topological polar surface area (TPSA) is 67.5 Å². The molecule has 0 saturated heterocycles. The number of aliphatic hydroxyl groups excluding tert-OH is 1. The summed E-state index contributed by atoms with van der Waals surface area (Å²) >= 11 is 4.37. The SMILES string of the molecule is NC(=S)NOCCO. The van der Waals surface area contributed by atoms with Gasteiger partial charge in [0.15, 0.2) is 5.11 Å². The lowest BCUT2D eigenvalue weighted by molar-refractivity contribution is 0.0540. The number of thiocarbonyl (C=S) groups is 1. The van der Waals surface area contributed by atoms with Crippen LogP contribution in [0.1, 0.15) is 0 Å². The molecule has 4 N–H and O–H groups in total. The number of hydrogen-bond acceptors (Lipinski definition) is 3. The molecule has 0 rings (SSSR count). The van der Waals surface area contributed by atoms with Crippen LogP contribution in [-0.2, 0) is 4.84 Å². The summed E-state index contributed by atoms with van der Waals surface area (Å²) < 4.78 is 0. The van der Waals surface area contributed by atoms with Gasteiger partial charge in [0.2, 0.25) is 0 Å². The second-order valence-electron chi connectivity index (χ2n) is 1.04. The molecule has 0 atom stereocenters. The Morgan fingerprint density at radius 1 is 1.88 bits per heavy atom. The molecule has 5 heteroatoms. The van der Waals surface area contributed by atoms with Gasteiger partial charge < -0.3 is 10.8 Å². The van der Waals surface area contributed by atoms with Crippen molar-refractivity contribution in [2.45, 2.75) is 0 Å². The Balaban J connectivity index is 2.82. The summed E-state index contributed by atoms with van der Waals surface area (Å²) in [6.07, 6.45) is 0. The second kappa shape index (κ2) is 4.76. The molecule has 0 amide bonds. The van der Waals surface area contributed by atoms with Gasteiger partial charge in [-0.3, -0.25) is 4.84 Å². The van der Waals surface area contributed by atoms with Crippen molar-refractivity contribution in [3.05, 3.63) is 0 Å². The Bertz CT molecular complexity index is 77.7. The summed E-state index contributed by atoms with van der Waals surface area (Å²) in [6.45, 7) is 0.146. The zero-order chi connectivity index (χ0) is 6.41. The molecule has 0 aromatic carbocycles. The average molecular weight is 136 g/mol. The molecule has 0 aliphatic carbocycles. The highest BCUT2D eigenvalue weighted by molar-refractivity contribution is 7.80. The van der Waals surface area contributed by atoms with Gasteiger partial charge in [-0.15, -0.1) is 0 Å². The van der Waals surface area contributed by atoms with Gasteiger partial charge in [-0.1, -0.05) is 0 Å². The normalized spacial score (nSPS) is 8.62. The first kappa shape index (κ1) is 7.61. The number of nitrogens with one attached hydrogen (secondary N) is 1. The van der Waals surface area contributed by atoms with Crippen molar-refractivity contribution in [3.8, 4) is 0 Å². The van der Waals surface area contributed by atoms with Gasteiger partial charge in [-0.05, 0) is 12.2 Å². The Morgan fingerprint density at radius 3 is 2.88 bits per heavy atom. The van der Waals surface area contributed by atoms with Crippen LogP contribution in [0.25, 0.3) is 0 Å². The predicted molar refractivity (Wildman–Crippen MR) is 33.0 cm³/mol. The zero-order valence-electron chi connectivity index (χ0n) is 4.26. The largest absolute Gasteiger partial charge is 0.394 e. The molecule has 0 radical (unpaired) electrons. The lowest BCUT2D eigenvalue weighted by Crippen LogP contribution is -2.29. The highest BCUT2D eigenvalue weighted by Crippen LogP contribution is 1.63. The van der Waals surface area contributed by atoms with Crippen molar-refractivity contribution < 1.29 is 9.94 Å². The van der Waals surface area contributed by atoms with Gasteiger partial charge in [0.05, 0.1) is 13.2 Å². The average Bonchev–Trinajstić information content (AvgIpc) is 1.66. The molecule has 0 bridgehead atoms. The minimum atomic E-state index is -0.0460. The van der Waals surface area contributed by atoms with Crippen LogP contribution < -0.4 is 11.2 Å². The van der Waals surface area contributed by atoms with Crippen LogP contribution in [0.5, 0.6) is 0 Å². The fourth-order valence-corrected chi connectivity index (χ4v) is 0.227. The molecule has 48 valence electrons. The highest BCUT2D eigenvalue weighted by atomic mass is 32.1. The molecule has 0 aromatic heterocycles. The molecule has 0 aliphatic rings. The molecule has 0 saturated carbocycles. The summed E-state index contributed by atoms with van der Waals surface area (Å²) in [5.41, 5.74) is 7.14. The van der Waals surface area contributed by atoms with E-state index in [1.807, 2.05) is 0 Å². The Morgan fingerprint density at radius 2 is 2.50 bits per heavy atom. The highest BCUT2D eigenvalue weighted by Gasteiger charge is 1.82. The molecule has 0 spiro atoms. The van der Waals surface area contributed by atoms with E-state index in [2.05, 4.69) is 22.5 Å². The van der Waals surface area contributed by atoms with Crippen LogP contribution in [0, 0.1) is 0 Å². The molecule has 0 heterocycles. The molecule has 0 aromatic rings. The third-order valence-electron chi connectivity index (χ3n) is 0.366. The minimum Gasteiger partial charge on any atom is -0.394 e. The predicted octanol–water partition coefficient (Wildman–Crippen LogP) is -1.26. The number of hydroxylamine groups is 1. The van der Waals surface area contributed by atoms with Gasteiger partial charge in [-0.2, -0.15) is 0 Å². The Labute approximate surface area is 52.6 Å². The van der Waals surface area contributed by atoms with Crippen molar-refractivity contribution in [3.63, 3.8) is 0 Å². The summed E-state index contributed by atoms with van der Waals surface area (Å²) in [6, 6.07) is 0. The van der Waals surface area contributed by atoms with Crippen molar-refractivity contribution in [1.29, 1.82) is 0 Å². The van der Waals surface area contributed by atoms with E-state index in [-0.39, 0.29) is 18.3 Å². The molecule has 0 aliphatic heterocycles. The Kier molecular flexibility index (Phi) is 4.53. The summed E-state index contributed by atoms with van der Waals surface area (Å²) in [7, 11) is 0. The van der Waals surface area contributed by atoms with Crippen molar-refractivity contribution >= 4 is 17.3 Å². The number of nitrogens with two attached hydrogens (primary N) is 1. The quantitative estimate of drug-likeness (QED) is 0.257. The van der Waals surface area contributed by atoms with E-state index >= 15 is 0 Å². The molecule has 8 heavy (non-hydrogen) atoms. The van der Waals surface area contributed by atoms with E-state index in [1.54, 1.807) is 0 Å². The maximum atomic E-state index is 8.13. The van der Waals surface area contributed by atoms with E-state index in [0.29, 0.717) is 0 Å². The fraction of sp³-hybridized carbons (Fsp3) is 0.667. The third kappa shape index (κ3) is 5.61. The smallest absolute Gasteiger partial charge is 0.187 e. The lowest BCUT2D eigenvalue weighted by Gasteiger charge is -1.99. The van der Waals surface area contributed by atoms with Crippen LogP contribution in [0.3, 0.4) is 0 Å². The third-order valence-corrected chi connectivity index (χ3v) is 0.449. The Hall–Kier alpha value is -0.390. The first-order chi connectivity index (χ1) is 3.77. The van der Waals surface area contributed by atoms with E-state index in [9.17, 15) is 0 Å². The van der Waals surface area contributed by atoms with Crippen LogP contribution in [0.2, 0.25) is 0 Å². The second-order valence-corrected chi connectivity index (χ2v) is 1.48. The van der Waals surface area contributed by atoms with Crippen molar-refractivity contribution in [1.82, 2.24) is 5.48 Å². The lowest BCUT2D eigenvalue weighted by atomic mass is 10.8. The zero-order valence-corrected chi connectivity index (χ0v) is 5.07. The van der Waals surface area contributed by atoms with Gasteiger partial charge in [0.25, 0.3) is 0 Å². The first-order valence-electron chi connectivity index (χ1n) is 2.05. The van der Waals surface area contributed by atoms with E-state index in [4.69, 9.17) is 10.8 Å². The summed E-state index contributed by atoms with van der Waals surface area (Å²) in [4.78, 5) is 4.48. The number of hydrogen-bond donors (Lipinski definition) is 3. The fourth-order valence-electron chi connectivity index (χ4n) is 0.168. The standard InChI is InChI=1S/C3H8N2O2S/c4-3(8)5-7-2-1-6/h6H,1-2H2,(H3,4,5,8). The molecular formula is C3H8N2O2S. The van der Waals surface area contributed by atoms with Crippen molar-refractivity contribution in [2.75, 3.05) is 13.2 Å². The molecule has 4 nitrogen and oxygen atoms in total. The monoisotopic (exact) mass is 136 g/mol. The van der Waals surface area contributed by atoms with E-state index < -0.39 is 0 Å². The maximum Gasteiger partial charge on any atom is 0.187 e. The van der Waals surface area contributed by atoms with Gasteiger partial charge >= 0.3 is 0 Å². The van der Waals surface area contributed by atoms with Gasteiger partial charge in [0, 0.05) is 0 Å². The number of rotatable bonds is 3. The minimum absolute atomic E-state index is 0.0460. The molecule has 0 fully saturated rings. The van der Waals surface area contributed by atoms with Gasteiger partial charge in [-0.25, -0.2) is 5.48 Å². The van der Waals surface area contributed by atoms with Crippen LogP contribution in [-0.4, -0.2) is 23.4 Å². The number of aliphatic hydroxyl groups is 1. The summed E-state index contributed by atoms with van der Waals surface area (Å²) in [5.74, 6) is 0. The van der Waals surface area contributed by atoms with Crippen molar-refractivity contribution in [2.24, 2.45) is 5.73 Å². The van der Waals surface area contributed by atoms with Gasteiger partial charge in [0.1, 0.15) is 0 Å². The van der Waals surface area contributed by atoms with Crippen LogP contribution >= 0.6 is 12.2 Å². The molecular weight excluding hydrogens is 128 g/mol. The molecule has 0 unspecified atom stereocenters. The first-order valence-corrected chi connectivity index (χ1v) is 2.46. The van der Waals surface area contributed by atoms with E-state index in [1.165, 1.54) is 0 Å². The van der Waals surface area contributed by atoms with Crippen LogP contribution in [0.4, 0.5) is 0 Å².